The fourth-order valence-electron chi connectivity index (χ4n) is 16.0. The first-order valence-electron chi connectivity index (χ1n) is 25.5. The van der Waals surface area contributed by atoms with Crippen molar-refractivity contribution in [1.29, 1.82) is 0 Å². The Morgan fingerprint density at radius 2 is 0.548 bits per heavy atom. The summed E-state index contributed by atoms with van der Waals surface area (Å²) >= 11 is 0. The first kappa shape index (κ1) is 45.9. The third-order valence-electron chi connectivity index (χ3n) is 19.1. The summed E-state index contributed by atoms with van der Waals surface area (Å²) in [4.78, 5) is 0. The van der Waals surface area contributed by atoms with E-state index in [0.717, 1.165) is 0 Å². The zero-order chi connectivity index (χ0) is 45.1. The second kappa shape index (κ2) is 15.5. The Hall–Kier alpha value is -2.69. The summed E-state index contributed by atoms with van der Waals surface area (Å²) in [5.74, 6) is 0. The smallest absolute Gasteiger partial charge is 0.0645 e. The summed E-state index contributed by atoms with van der Waals surface area (Å²) in [6.45, 7) is 41.5. The van der Waals surface area contributed by atoms with Crippen LogP contribution in [0.1, 0.15) is 232 Å². The summed E-state index contributed by atoms with van der Waals surface area (Å²) < 4.78 is 0. The first-order valence-corrected chi connectivity index (χ1v) is 29.5. The van der Waals surface area contributed by atoms with E-state index in [-0.39, 0.29) is 43.3 Å². The zero-order valence-corrected chi connectivity index (χ0v) is 44.4. The molecule has 0 nitrogen and oxygen atoms in total. The standard InChI is InChI=1S/C60H84Si2/c1-17-57(18-2)37-53(9,10)47-43(57)35-44-48(54(11,12)38-58(44,19-3)20-4)51(47)61(41-31-27-25-28-32-41)62(42-33-29-26-30-34-42)52-49-45(59(21-5,22-6)39-55(49,13)14)36-46-50(52)56(15,16)40-60(46,23-7)24-8/h25-36H,17-24,37-40H2,1-16H3/b62-61+. The third-order valence-corrected chi connectivity index (χ3v) is 28.1. The van der Waals surface area contributed by atoms with Crippen LogP contribution in [-0.4, -0.2) is 15.8 Å². The predicted octanol–water partition coefficient (Wildman–Crippen LogP) is 13.6. The summed E-state index contributed by atoms with van der Waals surface area (Å²) in [6.07, 6.45) is 14.7. The van der Waals surface area contributed by atoms with Crippen molar-refractivity contribution in [2.24, 2.45) is 0 Å². The number of hydrogen-bond donors (Lipinski definition) is 0. The van der Waals surface area contributed by atoms with E-state index in [9.17, 15) is 0 Å². The van der Waals surface area contributed by atoms with Crippen LogP contribution in [0.4, 0.5) is 0 Å². The maximum absolute atomic E-state index is 2.88. The lowest BCUT2D eigenvalue weighted by Crippen LogP contribution is -2.57. The van der Waals surface area contributed by atoms with Gasteiger partial charge in [0.2, 0.25) is 0 Å². The molecule has 2 heteroatoms. The number of fused-ring (bicyclic) bond motifs is 4. The van der Waals surface area contributed by atoms with E-state index < -0.39 is 15.8 Å². The lowest BCUT2D eigenvalue weighted by molar-refractivity contribution is 0.322. The van der Waals surface area contributed by atoms with E-state index in [1.165, 1.54) is 77.0 Å². The van der Waals surface area contributed by atoms with E-state index in [1.54, 1.807) is 54.9 Å². The predicted molar refractivity (Wildman–Crippen MR) is 275 cm³/mol. The lowest BCUT2D eigenvalue weighted by Gasteiger charge is -2.35. The normalized spacial score (nSPS) is 22.5. The van der Waals surface area contributed by atoms with Gasteiger partial charge in [-0.1, -0.05) is 184 Å². The molecule has 0 aliphatic heterocycles. The van der Waals surface area contributed by atoms with Crippen LogP contribution in [0.3, 0.4) is 0 Å². The van der Waals surface area contributed by atoms with Gasteiger partial charge in [-0.2, -0.15) is 0 Å². The Labute approximate surface area is 383 Å². The van der Waals surface area contributed by atoms with Crippen molar-refractivity contribution in [3.63, 3.8) is 0 Å². The van der Waals surface area contributed by atoms with Gasteiger partial charge < -0.3 is 0 Å². The van der Waals surface area contributed by atoms with Crippen LogP contribution in [0.2, 0.25) is 0 Å². The number of hydrogen-bond acceptors (Lipinski definition) is 0. The van der Waals surface area contributed by atoms with Crippen molar-refractivity contribution in [3.05, 3.63) is 117 Å². The van der Waals surface area contributed by atoms with Gasteiger partial charge in [-0.25, -0.2) is 0 Å². The summed E-state index contributed by atoms with van der Waals surface area (Å²) in [7, 11) is -3.00. The fourth-order valence-corrected chi connectivity index (χ4v) is 27.4. The van der Waals surface area contributed by atoms with Gasteiger partial charge in [-0.15, -0.1) is 0 Å². The highest BCUT2D eigenvalue weighted by molar-refractivity contribution is 7.19. The van der Waals surface area contributed by atoms with Crippen LogP contribution in [0.5, 0.6) is 0 Å². The summed E-state index contributed by atoms with van der Waals surface area (Å²) in [5.41, 5.74) is 15.2. The molecular formula is C60H84Si2. The van der Waals surface area contributed by atoms with Crippen molar-refractivity contribution in [2.75, 3.05) is 0 Å². The molecule has 4 aliphatic carbocycles. The molecule has 0 radical (unpaired) electrons. The molecular weight excluding hydrogens is 777 g/mol. The third kappa shape index (κ3) is 6.34. The molecule has 0 bridgehead atoms. The van der Waals surface area contributed by atoms with Crippen molar-refractivity contribution in [1.82, 2.24) is 0 Å². The molecule has 62 heavy (non-hydrogen) atoms. The first-order chi connectivity index (χ1) is 29.2. The van der Waals surface area contributed by atoms with Crippen molar-refractivity contribution >= 4 is 36.5 Å². The molecule has 0 unspecified atom stereocenters. The summed E-state index contributed by atoms with van der Waals surface area (Å²) in [5, 5.41) is 7.00. The fraction of sp³-hybridized carbons (Fsp3) is 0.600. The Bertz CT molecular complexity index is 2100. The summed E-state index contributed by atoms with van der Waals surface area (Å²) in [6, 6.07) is 30.4. The van der Waals surface area contributed by atoms with Crippen LogP contribution < -0.4 is 20.7 Å². The molecule has 4 aromatic carbocycles. The quantitative estimate of drug-likeness (QED) is 0.125. The molecule has 0 saturated heterocycles. The molecule has 4 aliphatic rings. The zero-order valence-electron chi connectivity index (χ0n) is 42.4. The second-order valence-corrected chi connectivity index (χ2v) is 30.5. The van der Waals surface area contributed by atoms with Gasteiger partial charge in [0.05, 0.1) is 15.8 Å². The van der Waals surface area contributed by atoms with E-state index in [4.69, 9.17) is 0 Å². The maximum atomic E-state index is 2.88. The van der Waals surface area contributed by atoms with Gasteiger partial charge in [0, 0.05) is 0 Å². The topological polar surface area (TPSA) is 0 Å². The lowest BCUT2D eigenvalue weighted by atomic mass is 9.72. The van der Waals surface area contributed by atoms with Crippen molar-refractivity contribution in [2.45, 2.75) is 231 Å². The Morgan fingerprint density at radius 3 is 0.742 bits per heavy atom. The van der Waals surface area contributed by atoms with Gasteiger partial charge in [-0.05, 0) is 186 Å². The van der Waals surface area contributed by atoms with Crippen LogP contribution in [0, 0.1) is 0 Å². The molecule has 4 aromatic rings. The largest absolute Gasteiger partial charge is 0.0694 e. The highest BCUT2D eigenvalue weighted by atomic mass is 28.9. The molecule has 0 saturated carbocycles. The molecule has 0 heterocycles. The van der Waals surface area contributed by atoms with Crippen molar-refractivity contribution < 1.29 is 0 Å². The van der Waals surface area contributed by atoms with Gasteiger partial charge in [0.15, 0.2) is 0 Å². The van der Waals surface area contributed by atoms with Gasteiger partial charge in [0.1, 0.15) is 0 Å². The molecule has 0 fully saturated rings. The Balaban J connectivity index is 1.75. The van der Waals surface area contributed by atoms with Crippen molar-refractivity contribution in [3.8, 4) is 0 Å². The minimum atomic E-state index is -1.50. The second-order valence-electron chi connectivity index (χ2n) is 23.9. The Kier molecular flexibility index (Phi) is 11.4. The number of rotatable bonds is 12. The SMILES string of the molecule is CCC1(CC)CC(C)(C)c2c1cc1c(c2/[Si](c2ccccc2)=[Si](\c2ccccc2)c2c3c(cc4c2C(C)(C)CC4(CC)CC)C(CC)(CC)CC3(C)C)C(C)(C)CC1(CC)CC. The minimum Gasteiger partial charge on any atom is -0.0645 e. The average molecular weight is 862 g/mol. The molecule has 0 amide bonds. The highest BCUT2D eigenvalue weighted by Gasteiger charge is 2.57. The monoisotopic (exact) mass is 861 g/mol. The van der Waals surface area contributed by atoms with Gasteiger partial charge >= 0.3 is 0 Å². The molecule has 332 valence electrons. The van der Waals surface area contributed by atoms with Gasteiger partial charge in [0.25, 0.3) is 0 Å². The highest BCUT2D eigenvalue weighted by Crippen LogP contribution is 2.61. The van der Waals surface area contributed by atoms with E-state index in [1.807, 2.05) is 10.4 Å². The van der Waals surface area contributed by atoms with E-state index in [0.29, 0.717) is 0 Å². The van der Waals surface area contributed by atoms with E-state index >= 15 is 0 Å². The molecule has 0 aromatic heterocycles. The van der Waals surface area contributed by atoms with Crippen LogP contribution in [0.25, 0.3) is 0 Å². The molecule has 0 atom stereocenters. The average Bonchev–Trinajstić information content (AvgIpc) is 3.85. The molecule has 0 spiro atoms. The Morgan fingerprint density at radius 1 is 0.339 bits per heavy atom. The molecule has 0 N–H and O–H groups in total. The van der Waals surface area contributed by atoms with Crippen LogP contribution >= 0.6 is 0 Å². The minimum absolute atomic E-state index is 0.0815. The van der Waals surface area contributed by atoms with Crippen LogP contribution in [-0.2, 0) is 43.3 Å². The van der Waals surface area contributed by atoms with Gasteiger partial charge in [-0.3, -0.25) is 0 Å². The number of benzene rings is 4. The molecule has 8 rings (SSSR count). The van der Waals surface area contributed by atoms with E-state index in [2.05, 4.69) is 184 Å². The maximum Gasteiger partial charge on any atom is 0.0694 e. The van der Waals surface area contributed by atoms with Crippen LogP contribution in [0.15, 0.2) is 72.8 Å².